The first-order valence-electron chi connectivity index (χ1n) is 6.13. The second kappa shape index (κ2) is 5.03. The van der Waals surface area contributed by atoms with E-state index in [0.29, 0.717) is 12.5 Å². The zero-order chi connectivity index (χ0) is 12.2. The normalized spacial score (nSPS) is 15.0. The van der Waals surface area contributed by atoms with Crippen LogP contribution in [0.1, 0.15) is 18.6 Å². The predicted molar refractivity (Wildman–Crippen MR) is 67.3 cm³/mol. The molecule has 0 amide bonds. The van der Waals surface area contributed by atoms with Crippen LogP contribution < -0.4 is 10.2 Å². The Morgan fingerprint density at radius 2 is 2.22 bits per heavy atom. The minimum Gasteiger partial charge on any atom is -0.467 e. The third-order valence-corrected chi connectivity index (χ3v) is 2.98. The first-order chi connectivity index (χ1) is 8.92. The summed E-state index contributed by atoms with van der Waals surface area (Å²) in [5, 5.41) is 11.1. The van der Waals surface area contributed by atoms with Crippen LogP contribution in [0.15, 0.2) is 29.0 Å². The first kappa shape index (κ1) is 11.0. The summed E-state index contributed by atoms with van der Waals surface area (Å²) in [7, 11) is 0. The van der Waals surface area contributed by atoms with Gasteiger partial charge in [0.25, 0.3) is 0 Å². The average Bonchev–Trinajstić information content (AvgIpc) is 3.10. The Bertz CT molecular complexity index is 493. The van der Waals surface area contributed by atoms with Gasteiger partial charge in [0.2, 0.25) is 5.95 Å². The minimum absolute atomic E-state index is 0.538. The molecule has 0 aliphatic carbocycles. The van der Waals surface area contributed by atoms with Gasteiger partial charge in [0.05, 0.1) is 19.0 Å². The molecule has 18 heavy (non-hydrogen) atoms. The summed E-state index contributed by atoms with van der Waals surface area (Å²) >= 11 is 0. The average molecular weight is 245 g/mol. The van der Waals surface area contributed by atoms with E-state index in [1.807, 2.05) is 12.1 Å². The molecule has 1 fully saturated rings. The third-order valence-electron chi connectivity index (χ3n) is 2.98. The summed E-state index contributed by atoms with van der Waals surface area (Å²) in [6, 6.07) is 3.77. The van der Waals surface area contributed by atoms with Gasteiger partial charge >= 0.3 is 0 Å². The molecule has 1 aliphatic heterocycles. The maximum atomic E-state index is 5.24. The molecule has 3 heterocycles. The van der Waals surface area contributed by atoms with Crippen LogP contribution in [0, 0.1) is 0 Å². The molecule has 6 nitrogen and oxygen atoms in total. The highest BCUT2D eigenvalue weighted by Crippen LogP contribution is 2.17. The molecule has 0 atom stereocenters. The Hall–Kier alpha value is -2.11. The Kier molecular flexibility index (Phi) is 3.08. The fraction of sp³-hybridized carbons (Fsp3) is 0.417. The summed E-state index contributed by atoms with van der Waals surface area (Å²) in [6.45, 7) is 2.67. The van der Waals surface area contributed by atoms with E-state index >= 15 is 0 Å². The van der Waals surface area contributed by atoms with Crippen LogP contribution in [0.5, 0.6) is 0 Å². The molecule has 0 spiro atoms. The van der Waals surface area contributed by atoms with E-state index in [-0.39, 0.29) is 0 Å². The van der Waals surface area contributed by atoms with Gasteiger partial charge in [-0.1, -0.05) is 0 Å². The summed E-state index contributed by atoms with van der Waals surface area (Å²) in [4.78, 5) is 6.68. The van der Waals surface area contributed by atoms with Crippen molar-refractivity contribution in [3.8, 4) is 0 Å². The number of hydrogen-bond acceptors (Lipinski definition) is 6. The zero-order valence-electron chi connectivity index (χ0n) is 10.0. The van der Waals surface area contributed by atoms with Crippen molar-refractivity contribution in [1.82, 2.24) is 15.2 Å². The molecule has 94 valence electrons. The highest BCUT2D eigenvalue weighted by Gasteiger charge is 2.14. The highest BCUT2D eigenvalue weighted by atomic mass is 16.3. The smallest absolute Gasteiger partial charge is 0.245 e. The van der Waals surface area contributed by atoms with Crippen LogP contribution in [0.2, 0.25) is 0 Å². The molecule has 6 heteroatoms. The lowest BCUT2D eigenvalue weighted by molar-refractivity contribution is 0.517. The van der Waals surface area contributed by atoms with E-state index in [4.69, 9.17) is 4.42 Å². The van der Waals surface area contributed by atoms with E-state index in [1.165, 1.54) is 12.8 Å². The van der Waals surface area contributed by atoms with Crippen molar-refractivity contribution < 1.29 is 4.42 Å². The summed E-state index contributed by atoms with van der Waals surface area (Å²) < 4.78 is 5.24. The summed E-state index contributed by atoms with van der Waals surface area (Å²) in [5.74, 6) is 2.28. The van der Waals surface area contributed by atoms with Crippen LogP contribution in [-0.4, -0.2) is 28.3 Å². The number of hydrogen-bond donors (Lipinski definition) is 1. The molecule has 1 saturated heterocycles. The minimum atomic E-state index is 0.538. The molecule has 1 aliphatic rings. The van der Waals surface area contributed by atoms with E-state index in [1.54, 1.807) is 12.5 Å². The summed E-state index contributed by atoms with van der Waals surface area (Å²) in [6.07, 6.45) is 5.80. The van der Waals surface area contributed by atoms with Crippen LogP contribution in [0.4, 0.5) is 11.8 Å². The number of nitrogens with one attached hydrogen (secondary N) is 1. The number of nitrogens with zero attached hydrogens (tertiary/aromatic N) is 4. The molecule has 0 saturated carbocycles. The zero-order valence-corrected chi connectivity index (χ0v) is 10.0. The topological polar surface area (TPSA) is 67.1 Å². The fourth-order valence-electron chi connectivity index (χ4n) is 2.05. The first-order valence-corrected chi connectivity index (χ1v) is 6.13. The lowest BCUT2D eigenvalue weighted by Gasteiger charge is -2.15. The van der Waals surface area contributed by atoms with Crippen LogP contribution in [-0.2, 0) is 6.54 Å². The van der Waals surface area contributed by atoms with Crippen LogP contribution >= 0.6 is 0 Å². The summed E-state index contributed by atoms with van der Waals surface area (Å²) in [5.41, 5.74) is 0. The Morgan fingerprint density at radius 3 is 3.00 bits per heavy atom. The SMILES string of the molecule is c1coc(CNc2nncc(N3CCCC3)n2)c1. The second-order valence-corrected chi connectivity index (χ2v) is 4.27. The van der Waals surface area contributed by atoms with E-state index in [0.717, 1.165) is 24.7 Å². The van der Waals surface area contributed by atoms with Crippen molar-refractivity contribution in [2.75, 3.05) is 23.3 Å². The van der Waals surface area contributed by atoms with Crippen molar-refractivity contribution in [3.63, 3.8) is 0 Å². The van der Waals surface area contributed by atoms with Crippen molar-refractivity contribution in [3.05, 3.63) is 30.4 Å². The predicted octanol–water partition coefficient (Wildman–Crippen LogP) is 1.68. The number of rotatable bonds is 4. The maximum Gasteiger partial charge on any atom is 0.245 e. The third kappa shape index (κ3) is 2.42. The standard InChI is InChI=1S/C12H15N5O/c1-2-6-17(5-1)11-9-14-16-12(15-11)13-8-10-4-3-7-18-10/h3-4,7,9H,1-2,5-6,8H2,(H,13,15,16). The van der Waals surface area contributed by atoms with Gasteiger partial charge in [0.1, 0.15) is 5.76 Å². The molecule has 3 rings (SSSR count). The maximum absolute atomic E-state index is 5.24. The molecule has 0 radical (unpaired) electrons. The highest BCUT2D eigenvalue weighted by molar-refractivity contribution is 5.40. The fourth-order valence-corrected chi connectivity index (χ4v) is 2.05. The number of furan rings is 1. The van der Waals surface area contributed by atoms with Crippen molar-refractivity contribution in [1.29, 1.82) is 0 Å². The monoisotopic (exact) mass is 245 g/mol. The van der Waals surface area contributed by atoms with Crippen LogP contribution in [0.25, 0.3) is 0 Å². The number of aromatic nitrogens is 3. The lowest BCUT2D eigenvalue weighted by Crippen LogP contribution is -2.20. The van der Waals surface area contributed by atoms with Gasteiger partial charge in [-0.3, -0.25) is 0 Å². The van der Waals surface area contributed by atoms with E-state index in [2.05, 4.69) is 25.4 Å². The van der Waals surface area contributed by atoms with Gasteiger partial charge in [0.15, 0.2) is 5.82 Å². The molecule has 1 N–H and O–H groups in total. The van der Waals surface area contributed by atoms with Gasteiger partial charge in [0, 0.05) is 13.1 Å². The molecular weight excluding hydrogens is 230 g/mol. The molecule has 2 aromatic rings. The number of anilines is 2. The van der Waals surface area contributed by atoms with Gasteiger partial charge in [-0.05, 0) is 25.0 Å². The van der Waals surface area contributed by atoms with Crippen molar-refractivity contribution >= 4 is 11.8 Å². The molecule has 0 aromatic carbocycles. The van der Waals surface area contributed by atoms with Gasteiger partial charge in [-0.2, -0.15) is 10.1 Å². The molecule has 0 bridgehead atoms. The molecular formula is C12H15N5O. The van der Waals surface area contributed by atoms with Crippen molar-refractivity contribution in [2.24, 2.45) is 0 Å². The van der Waals surface area contributed by atoms with E-state index in [9.17, 15) is 0 Å². The largest absolute Gasteiger partial charge is 0.467 e. The quantitative estimate of drug-likeness (QED) is 0.884. The Morgan fingerprint density at radius 1 is 1.33 bits per heavy atom. The second-order valence-electron chi connectivity index (χ2n) is 4.27. The van der Waals surface area contributed by atoms with Gasteiger partial charge < -0.3 is 14.6 Å². The Labute approximate surface area is 105 Å². The lowest BCUT2D eigenvalue weighted by atomic mass is 10.4. The Balaban J connectivity index is 1.66. The van der Waals surface area contributed by atoms with Crippen LogP contribution in [0.3, 0.4) is 0 Å². The van der Waals surface area contributed by atoms with Gasteiger partial charge in [-0.25, -0.2) is 0 Å². The van der Waals surface area contributed by atoms with Gasteiger partial charge in [-0.15, -0.1) is 5.10 Å². The van der Waals surface area contributed by atoms with E-state index < -0.39 is 0 Å². The molecule has 0 unspecified atom stereocenters. The van der Waals surface area contributed by atoms with Crippen molar-refractivity contribution in [2.45, 2.75) is 19.4 Å². The molecule has 2 aromatic heterocycles.